The summed E-state index contributed by atoms with van der Waals surface area (Å²) in [6.07, 6.45) is 4.39. The van der Waals surface area contributed by atoms with Crippen molar-refractivity contribution in [2.45, 2.75) is 44.2 Å². The number of anilines is 1. The lowest BCUT2D eigenvalue weighted by atomic mass is 10.0. The molecule has 31 heavy (non-hydrogen) atoms. The zero-order valence-corrected chi connectivity index (χ0v) is 17.1. The first-order valence-electron chi connectivity index (χ1n) is 10.8. The van der Waals surface area contributed by atoms with Crippen LogP contribution in [0.1, 0.15) is 42.5 Å². The minimum absolute atomic E-state index is 0.000819. The van der Waals surface area contributed by atoms with Crippen LogP contribution in [0.15, 0.2) is 42.5 Å². The molecule has 5 rings (SSSR count). The number of nitrogens with zero attached hydrogens (tertiary/aromatic N) is 1. The summed E-state index contributed by atoms with van der Waals surface area (Å²) in [5.74, 6) is -0.984. The molecule has 6 nitrogen and oxygen atoms in total. The predicted molar refractivity (Wildman–Crippen MR) is 114 cm³/mol. The van der Waals surface area contributed by atoms with Gasteiger partial charge in [-0.3, -0.25) is 14.4 Å². The van der Waals surface area contributed by atoms with E-state index in [9.17, 15) is 18.8 Å². The fourth-order valence-electron chi connectivity index (χ4n) is 5.04. The minimum Gasteiger partial charge on any atom is -0.350 e. The summed E-state index contributed by atoms with van der Waals surface area (Å²) >= 11 is 0. The number of carbonyl (C=O) groups excluding carboxylic acids is 3. The van der Waals surface area contributed by atoms with E-state index in [0.717, 1.165) is 25.7 Å². The maximum atomic E-state index is 14.3. The molecule has 1 aliphatic carbocycles. The van der Waals surface area contributed by atoms with Gasteiger partial charge in [0.15, 0.2) is 0 Å². The van der Waals surface area contributed by atoms with Gasteiger partial charge in [0, 0.05) is 18.0 Å². The fraction of sp³-hybridized carbons (Fsp3) is 0.375. The summed E-state index contributed by atoms with van der Waals surface area (Å²) in [7, 11) is 0. The molecular weight excluding hydrogens is 397 g/mol. The number of amides is 3. The molecule has 1 saturated carbocycles. The van der Waals surface area contributed by atoms with Crippen molar-refractivity contribution in [3.8, 4) is 11.1 Å². The molecule has 3 aliphatic rings. The van der Waals surface area contributed by atoms with Crippen molar-refractivity contribution in [2.24, 2.45) is 5.92 Å². The standard InChI is InChI=1S/C24H24FN3O3/c25-18-8-4-3-7-16(18)15-9-10-19-17(13-15)24(31)28-12-11-20(21(28)23(30)26-19)27-22(29)14-5-1-2-6-14/h3-4,7-10,13-14,20-21H,1-2,5-6,11-12H2,(H,26,30)(H,27,29)/t20-,21-/m0/s1. The maximum Gasteiger partial charge on any atom is 0.256 e. The van der Waals surface area contributed by atoms with Gasteiger partial charge >= 0.3 is 0 Å². The number of hydrogen-bond donors (Lipinski definition) is 2. The van der Waals surface area contributed by atoms with E-state index in [2.05, 4.69) is 10.6 Å². The van der Waals surface area contributed by atoms with E-state index >= 15 is 0 Å². The molecule has 2 aromatic carbocycles. The highest BCUT2D eigenvalue weighted by Gasteiger charge is 2.45. The van der Waals surface area contributed by atoms with E-state index in [1.807, 2.05) is 0 Å². The Kier molecular flexibility index (Phi) is 4.96. The third kappa shape index (κ3) is 3.48. The first kappa shape index (κ1) is 19.7. The van der Waals surface area contributed by atoms with Crippen molar-refractivity contribution in [1.82, 2.24) is 10.2 Å². The molecule has 0 unspecified atom stereocenters. The second kappa shape index (κ2) is 7.80. The molecule has 2 aromatic rings. The summed E-state index contributed by atoms with van der Waals surface area (Å²) in [5, 5.41) is 5.87. The number of halogens is 1. The van der Waals surface area contributed by atoms with Crippen molar-refractivity contribution in [3.05, 3.63) is 53.8 Å². The molecular formula is C24H24FN3O3. The van der Waals surface area contributed by atoms with Crippen LogP contribution in [0.5, 0.6) is 0 Å². The molecule has 2 fully saturated rings. The number of benzene rings is 2. The van der Waals surface area contributed by atoms with E-state index < -0.39 is 12.1 Å². The first-order chi connectivity index (χ1) is 15.0. The second-order valence-electron chi connectivity index (χ2n) is 8.56. The maximum absolute atomic E-state index is 14.3. The lowest BCUT2D eigenvalue weighted by Gasteiger charge is -2.25. The lowest BCUT2D eigenvalue weighted by Crippen LogP contribution is -2.52. The number of fused-ring (bicyclic) bond motifs is 2. The van der Waals surface area contributed by atoms with Gasteiger partial charge in [-0.05, 0) is 43.0 Å². The monoisotopic (exact) mass is 421 g/mol. The number of carbonyl (C=O) groups is 3. The molecule has 0 bridgehead atoms. The Morgan fingerprint density at radius 2 is 1.81 bits per heavy atom. The van der Waals surface area contributed by atoms with Crippen molar-refractivity contribution in [3.63, 3.8) is 0 Å². The van der Waals surface area contributed by atoms with Gasteiger partial charge in [0.1, 0.15) is 11.9 Å². The fourth-order valence-corrected chi connectivity index (χ4v) is 5.04. The van der Waals surface area contributed by atoms with Crippen molar-refractivity contribution < 1.29 is 18.8 Å². The molecule has 2 atom stereocenters. The van der Waals surface area contributed by atoms with Gasteiger partial charge in [-0.1, -0.05) is 37.1 Å². The highest BCUT2D eigenvalue weighted by atomic mass is 19.1. The van der Waals surface area contributed by atoms with Gasteiger partial charge in [-0.25, -0.2) is 4.39 Å². The SMILES string of the molecule is O=C(N[C@H]1CCN2C(=O)c3cc(-c4ccccc4F)ccc3NC(=O)[C@H]12)C1CCCC1. The Bertz CT molecular complexity index is 1060. The Balaban J connectivity index is 1.43. The van der Waals surface area contributed by atoms with E-state index in [4.69, 9.17) is 0 Å². The Morgan fingerprint density at radius 3 is 2.58 bits per heavy atom. The quantitative estimate of drug-likeness (QED) is 0.798. The third-order valence-electron chi connectivity index (χ3n) is 6.67. The number of nitrogens with one attached hydrogen (secondary N) is 2. The average molecular weight is 421 g/mol. The van der Waals surface area contributed by atoms with Crippen LogP contribution < -0.4 is 10.6 Å². The molecule has 2 heterocycles. The zero-order chi connectivity index (χ0) is 21.5. The van der Waals surface area contributed by atoms with Gasteiger partial charge in [0.05, 0.1) is 17.3 Å². The van der Waals surface area contributed by atoms with Crippen LogP contribution in [0, 0.1) is 11.7 Å². The van der Waals surface area contributed by atoms with Crippen LogP contribution in [0.25, 0.3) is 11.1 Å². The summed E-state index contributed by atoms with van der Waals surface area (Å²) in [6, 6.07) is 10.2. The van der Waals surface area contributed by atoms with Crippen LogP contribution >= 0.6 is 0 Å². The normalized spacial score (nSPS) is 23.2. The Hall–Kier alpha value is -3.22. The van der Waals surface area contributed by atoms with Crippen LogP contribution in [-0.2, 0) is 9.59 Å². The van der Waals surface area contributed by atoms with Gasteiger partial charge in [-0.15, -0.1) is 0 Å². The topological polar surface area (TPSA) is 78.5 Å². The number of hydrogen-bond acceptors (Lipinski definition) is 3. The minimum atomic E-state index is -0.748. The van der Waals surface area contributed by atoms with Crippen LogP contribution in [0.2, 0.25) is 0 Å². The molecule has 160 valence electrons. The molecule has 1 saturated heterocycles. The summed E-state index contributed by atoms with van der Waals surface area (Å²) in [5.41, 5.74) is 1.71. The number of rotatable bonds is 3. The van der Waals surface area contributed by atoms with Crippen LogP contribution in [-0.4, -0.2) is 41.2 Å². The Morgan fingerprint density at radius 1 is 1.03 bits per heavy atom. The zero-order valence-electron chi connectivity index (χ0n) is 17.1. The van der Waals surface area contributed by atoms with Gasteiger partial charge in [0.2, 0.25) is 11.8 Å². The highest BCUT2D eigenvalue weighted by Crippen LogP contribution is 2.33. The smallest absolute Gasteiger partial charge is 0.256 e. The van der Waals surface area contributed by atoms with E-state index in [1.165, 1.54) is 11.0 Å². The van der Waals surface area contributed by atoms with Crippen LogP contribution in [0.3, 0.4) is 0 Å². The molecule has 3 amide bonds. The summed E-state index contributed by atoms with van der Waals surface area (Å²) in [6.45, 7) is 0.385. The molecule has 2 N–H and O–H groups in total. The second-order valence-corrected chi connectivity index (χ2v) is 8.56. The molecule has 0 spiro atoms. The van der Waals surface area contributed by atoms with E-state index in [-0.39, 0.29) is 29.5 Å². The average Bonchev–Trinajstić information content (AvgIpc) is 3.42. The third-order valence-corrected chi connectivity index (χ3v) is 6.67. The van der Waals surface area contributed by atoms with Crippen molar-refractivity contribution in [1.29, 1.82) is 0 Å². The van der Waals surface area contributed by atoms with Crippen molar-refractivity contribution in [2.75, 3.05) is 11.9 Å². The Labute approximate surface area is 179 Å². The van der Waals surface area contributed by atoms with Gasteiger partial charge < -0.3 is 15.5 Å². The van der Waals surface area contributed by atoms with Gasteiger partial charge in [-0.2, -0.15) is 0 Å². The molecule has 0 radical (unpaired) electrons. The molecule has 2 aliphatic heterocycles. The van der Waals surface area contributed by atoms with E-state index in [1.54, 1.807) is 36.4 Å². The lowest BCUT2D eigenvalue weighted by molar-refractivity contribution is -0.126. The van der Waals surface area contributed by atoms with Crippen molar-refractivity contribution >= 4 is 23.4 Å². The summed E-state index contributed by atoms with van der Waals surface area (Å²) in [4.78, 5) is 40.5. The summed E-state index contributed by atoms with van der Waals surface area (Å²) < 4.78 is 14.3. The van der Waals surface area contributed by atoms with E-state index in [0.29, 0.717) is 35.3 Å². The van der Waals surface area contributed by atoms with Crippen LogP contribution in [0.4, 0.5) is 10.1 Å². The first-order valence-corrected chi connectivity index (χ1v) is 10.8. The highest BCUT2D eigenvalue weighted by molar-refractivity contribution is 6.11. The molecule has 7 heteroatoms. The predicted octanol–water partition coefficient (Wildman–Crippen LogP) is 3.33. The molecule has 0 aromatic heterocycles. The van der Waals surface area contributed by atoms with Gasteiger partial charge in [0.25, 0.3) is 5.91 Å². The largest absolute Gasteiger partial charge is 0.350 e.